The van der Waals surface area contributed by atoms with E-state index < -0.39 is 5.97 Å². The van der Waals surface area contributed by atoms with Crippen LogP contribution in [-0.4, -0.2) is 16.9 Å². The van der Waals surface area contributed by atoms with Gasteiger partial charge in [0.2, 0.25) is 0 Å². The topological polar surface area (TPSA) is 80.4 Å². The number of nitrogens with two attached hydrogens (primary N) is 1. The van der Waals surface area contributed by atoms with Crippen molar-refractivity contribution in [1.29, 1.82) is 0 Å². The van der Waals surface area contributed by atoms with Crippen molar-refractivity contribution in [2.24, 2.45) is 0 Å². The number of carbonyl (C=O) groups is 2. The number of hydrogen-bond acceptors (Lipinski definition) is 3. The lowest BCUT2D eigenvalue weighted by molar-refractivity contribution is 0.0693. The van der Waals surface area contributed by atoms with Crippen LogP contribution in [0.1, 0.15) is 107 Å². The molecule has 0 amide bonds. The number of carbonyl (C=O) groups excluding carboxylic acids is 1. The predicted molar refractivity (Wildman–Crippen MR) is 125 cm³/mol. The van der Waals surface area contributed by atoms with E-state index in [0.717, 1.165) is 42.4 Å². The molecule has 1 saturated carbocycles. The number of carboxylic acid groups (broad SMARTS) is 1. The molecular formula is C27H31NO3. The van der Waals surface area contributed by atoms with Gasteiger partial charge in [0.15, 0.2) is 5.78 Å². The van der Waals surface area contributed by atoms with Gasteiger partial charge in [-0.05, 0) is 79.7 Å². The van der Waals surface area contributed by atoms with E-state index in [0.29, 0.717) is 11.5 Å². The number of rotatable bonds is 5. The van der Waals surface area contributed by atoms with Crippen LogP contribution >= 0.6 is 0 Å². The molecule has 4 heteroatoms. The van der Waals surface area contributed by atoms with E-state index in [1.807, 2.05) is 31.2 Å². The number of carboxylic acids is 1. The average molecular weight is 418 g/mol. The van der Waals surface area contributed by atoms with Gasteiger partial charge in [0.25, 0.3) is 0 Å². The van der Waals surface area contributed by atoms with Crippen LogP contribution < -0.4 is 5.73 Å². The fourth-order valence-corrected chi connectivity index (χ4v) is 5.12. The average Bonchev–Trinajstić information content (AvgIpc) is 2.81. The van der Waals surface area contributed by atoms with E-state index in [-0.39, 0.29) is 22.6 Å². The molecular weight excluding hydrogens is 386 g/mol. The molecule has 1 fully saturated rings. The summed E-state index contributed by atoms with van der Waals surface area (Å²) in [5.41, 5.74) is 11.3. The van der Waals surface area contributed by atoms with E-state index in [4.69, 9.17) is 5.73 Å². The van der Waals surface area contributed by atoms with Gasteiger partial charge in [-0.15, -0.1) is 0 Å². The normalized spacial score (nSPS) is 17.3. The fourth-order valence-electron chi connectivity index (χ4n) is 5.12. The highest BCUT2D eigenvalue weighted by Crippen LogP contribution is 2.36. The molecule has 4 nitrogen and oxygen atoms in total. The molecule has 0 unspecified atom stereocenters. The number of nitrogen functional groups attached to an aromatic ring is 1. The summed E-state index contributed by atoms with van der Waals surface area (Å²) in [4.78, 5) is 25.5. The summed E-state index contributed by atoms with van der Waals surface area (Å²) < 4.78 is 0. The summed E-state index contributed by atoms with van der Waals surface area (Å²) in [7, 11) is 0. The Morgan fingerprint density at radius 2 is 1.71 bits per heavy atom. The fraction of sp³-hybridized carbons (Fsp3) is 0.407. The minimum atomic E-state index is -1.12. The van der Waals surface area contributed by atoms with Crippen molar-refractivity contribution in [1.82, 2.24) is 0 Å². The van der Waals surface area contributed by atoms with Gasteiger partial charge in [-0.1, -0.05) is 49.6 Å². The number of aromatic carboxylic acids is 1. The SMILES string of the molecule is Cc1c(C2=CCCCC2)cc(C(=O)O)c(C(=O)c2ccc(C3CCCCC3)cc2)c1N. The van der Waals surface area contributed by atoms with E-state index in [9.17, 15) is 14.7 Å². The van der Waals surface area contributed by atoms with Gasteiger partial charge in [-0.25, -0.2) is 4.79 Å². The molecule has 0 spiro atoms. The first kappa shape index (κ1) is 21.4. The van der Waals surface area contributed by atoms with Crippen molar-refractivity contribution in [2.75, 3.05) is 5.73 Å². The van der Waals surface area contributed by atoms with Gasteiger partial charge in [-0.3, -0.25) is 4.79 Å². The Morgan fingerprint density at radius 1 is 1.00 bits per heavy atom. The second kappa shape index (κ2) is 9.09. The highest BCUT2D eigenvalue weighted by atomic mass is 16.4. The zero-order chi connectivity index (χ0) is 22.0. The van der Waals surface area contributed by atoms with Crippen LogP contribution in [0.25, 0.3) is 5.57 Å². The smallest absolute Gasteiger partial charge is 0.336 e. The van der Waals surface area contributed by atoms with E-state index in [2.05, 4.69) is 6.08 Å². The largest absolute Gasteiger partial charge is 0.478 e. The Hall–Kier alpha value is -2.88. The highest BCUT2D eigenvalue weighted by Gasteiger charge is 2.26. The number of hydrogen-bond donors (Lipinski definition) is 2. The monoisotopic (exact) mass is 417 g/mol. The van der Waals surface area contributed by atoms with Crippen LogP contribution in [0.4, 0.5) is 5.69 Å². The Bertz CT molecular complexity index is 1030. The minimum Gasteiger partial charge on any atom is -0.478 e. The summed E-state index contributed by atoms with van der Waals surface area (Å²) in [6.07, 6.45) is 12.5. The third kappa shape index (κ3) is 4.30. The van der Waals surface area contributed by atoms with Gasteiger partial charge < -0.3 is 10.8 Å². The molecule has 0 saturated heterocycles. The van der Waals surface area contributed by atoms with Gasteiger partial charge in [0, 0.05) is 11.3 Å². The van der Waals surface area contributed by atoms with E-state index in [1.165, 1.54) is 37.7 Å². The maximum absolute atomic E-state index is 13.4. The number of benzene rings is 2. The molecule has 2 aliphatic rings. The third-order valence-corrected chi connectivity index (χ3v) is 6.98. The van der Waals surface area contributed by atoms with Crippen molar-refractivity contribution in [3.05, 3.63) is 69.8 Å². The van der Waals surface area contributed by atoms with Crippen molar-refractivity contribution in [3.8, 4) is 0 Å². The predicted octanol–water partition coefficient (Wildman–Crippen LogP) is 6.51. The number of allylic oxidation sites excluding steroid dienone is 2. The van der Waals surface area contributed by atoms with Crippen LogP contribution in [0.5, 0.6) is 0 Å². The Kier molecular flexibility index (Phi) is 6.26. The van der Waals surface area contributed by atoms with Gasteiger partial charge >= 0.3 is 5.97 Å². The second-order valence-corrected chi connectivity index (χ2v) is 8.95. The van der Waals surface area contributed by atoms with Crippen LogP contribution in [-0.2, 0) is 0 Å². The molecule has 0 radical (unpaired) electrons. The van der Waals surface area contributed by atoms with Gasteiger partial charge in [0.1, 0.15) is 0 Å². The zero-order valence-corrected chi connectivity index (χ0v) is 18.2. The van der Waals surface area contributed by atoms with Crippen molar-refractivity contribution in [2.45, 2.75) is 70.6 Å². The molecule has 0 atom stereocenters. The summed E-state index contributed by atoms with van der Waals surface area (Å²) in [6, 6.07) is 9.34. The molecule has 0 aromatic heterocycles. The molecule has 2 aromatic carbocycles. The molecule has 0 heterocycles. The molecule has 2 aromatic rings. The third-order valence-electron chi connectivity index (χ3n) is 6.98. The van der Waals surface area contributed by atoms with Crippen LogP contribution in [0, 0.1) is 6.92 Å². The van der Waals surface area contributed by atoms with E-state index in [1.54, 1.807) is 6.07 Å². The summed E-state index contributed by atoms with van der Waals surface area (Å²) in [6.45, 7) is 1.88. The first-order valence-electron chi connectivity index (χ1n) is 11.5. The van der Waals surface area contributed by atoms with Crippen LogP contribution in [0.3, 0.4) is 0 Å². The lowest BCUT2D eigenvalue weighted by Crippen LogP contribution is -2.16. The first-order valence-corrected chi connectivity index (χ1v) is 11.5. The molecule has 0 aliphatic heterocycles. The van der Waals surface area contributed by atoms with Gasteiger partial charge in [0.05, 0.1) is 11.1 Å². The maximum Gasteiger partial charge on any atom is 0.336 e. The zero-order valence-electron chi connectivity index (χ0n) is 18.2. The first-order chi connectivity index (χ1) is 15.0. The summed E-state index contributed by atoms with van der Waals surface area (Å²) >= 11 is 0. The van der Waals surface area contributed by atoms with Crippen molar-refractivity contribution >= 4 is 23.0 Å². The van der Waals surface area contributed by atoms with Crippen LogP contribution in [0.2, 0.25) is 0 Å². The summed E-state index contributed by atoms with van der Waals surface area (Å²) in [5.74, 6) is -0.883. The number of ketones is 1. The molecule has 3 N–H and O–H groups in total. The standard InChI is InChI=1S/C27H31NO3/c1-17-22(20-10-6-3-7-11-20)16-23(27(30)31)24(25(17)28)26(29)21-14-12-19(13-15-21)18-8-4-2-5-9-18/h10,12-16,18H,2-9,11,28H2,1H3,(H,30,31). The molecule has 2 aliphatic carbocycles. The number of anilines is 1. The quantitative estimate of drug-likeness (QED) is 0.429. The van der Waals surface area contributed by atoms with E-state index >= 15 is 0 Å². The van der Waals surface area contributed by atoms with Crippen molar-refractivity contribution < 1.29 is 14.7 Å². The molecule has 162 valence electrons. The second-order valence-electron chi connectivity index (χ2n) is 8.95. The Labute approximate surface area is 184 Å². The molecule has 31 heavy (non-hydrogen) atoms. The molecule has 0 bridgehead atoms. The van der Waals surface area contributed by atoms with Gasteiger partial charge in [-0.2, -0.15) is 0 Å². The highest BCUT2D eigenvalue weighted by molar-refractivity contribution is 6.18. The Balaban J connectivity index is 1.71. The maximum atomic E-state index is 13.4. The van der Waals surface area contributed by atoms with Crippen LogP contribution in [0.15, 0.2) is 36.4 Å². The lowest BCUT2D eigenvalue weighted by atomic mass is 9.83. The Morgan fingerprint density at radius 3 is 2.32 bits per heavy atom. The molecule has 4 rings (SSSR count). The summed E-state index contributed by atoms with van der Waals surface area (Å²) in [5, 5.41) is 9.89. The van der Waals surface area contributed by atoms with Crippen molar-refractivity contribution in [3.63, 3.8) is 0 Å². The minimum absolute atomic E-state index is 0.00840. The lowest BCUT2D eigenvalue weighted by Gasteiger charge is -2.22.